The molecule has 0 aliphatic carbocycles. The van der Waals surface area contributed by atoms with E-state index in [1.54, 1.807) is 12.4 Å². The van der Waals surface area contributed by atoms with Gasteiger partial charge in [-0.05, 0) is 24.3 Å². The van der Waals surface area contributed by atoms with E-state index < -0.39 is 0 Å². The third-order valence-electron chi connectivity index (χ3n) is 2.76. The Labute approximate surface area is 110 Å². The number of aromatic nitrogens is 2. The molecule has 19 heavy (non-hydrogen) atoms. The molecule has 2 heterocycles. The van der Waals surface area contributed by atoms with Crippen molar-refractivity contribution in [3.63, 3.8) is 0 Å². The predicted molar refractivity (Wildman–Crippen MR) is 76.4 cm³/mol. The Kier molecular flexibility index (Phi) is 2.90. The van der Waals surface area contributed by atoms with Gasteiger partial charge in [0.25, 0.3) is 0 Å². The van der Waals surface area contributed by atoms with Crippen molar-refractivity contribution in [1.29, 1.82) is 0 Å². The number of amidine groups is 1. The van der Waals surface area contributed by atoms with Crippen LogP contribution in [0.4, 0.5) is 5.69 Å². The van der Waals surface area contributed by atoms with Crippen molar-refractivity contribution >= 4 is 22.4 Å². The molecule has 0 saturated carbocycles. The summed E-state index contributed by atoms with van der Waals surface area (Å²) in [7, 11) is 0. The monoisotopic (exact) mass is 248 g/mol. The Morgan fingerprint density at radius 3 is 2.74 bits per heavy atom. The summed E-state index contributed by atoms with van der Waals surface area (Å²) < 4.78 is 0. The molecule has 0 bridgehead atoms. The van der Waals surface area contributed by atoms with E-state index in [1.165, 1.54) is 0 Å². The van der Waals surface area contributed by atoms with Crippen molar-refractivity contribution in [3.05, 3.63) is 66.6 Å². The zero-order valence-electron chi connectivity index (χ0n) is 10.2. The number of nitrogens with two attached hydrogens (primary N) is 1. The van der Waals surface area contributed by atoms with Crippen molar-refractivity contribution in [2.75, 3.05) is 0 Å². The highest BCUT2D eigenvalue weighted by atomic mass is 14.9. The maximum Gasteiger partial charge on any atom is 0.150 e. The number of pyridine rings is 2. The molecule has 0 spiro atoms. The number of para-hydroxylation sites is 1. The standard InChI is InChI=1S/C15H12N4/c16-15(18-12-5-3-9-17-10-12)14-8-7-11-4-1-2-6-13(11)19-14/h1-10H,(H2,16,18). The minimum absolute atomic E-state index is 0.388. The third kappa shape index (κ3) is 2.42. The summed E-state index contributed by atoms with van der Waals surface area (Å²) in [4.78, 5) is 12.8. The second-order valence-electron chi connectivity index (χ2n) is 4.10. The van der Waals surface area contributed by atoms with Crippen LogP contribution in [0.15, 0.2) is 65.9 Å². The third-order valence-corrected chi connectivity index (χ3v) is 2.76. The Morgan fingerprint density at radius 1 is 1.00 bits per heavy atom. The fourth-order valence-electron chi connectivity index (χ4n) is 1.82. The molecular formula is C15H12N4. The van der Waals surface area contributed by atoms with Crippen LogP contribution in [0.2, 0.25) is 0 Å². The van der Waals surface area contributed by atoms with Gasteiger partial charge in [-0.2, -0.15) is 0 Å². The molecule has 3 rings (SSSR count). The smallest absolute Gasteiger partial charge is 0.150 e. The van der Waals surface area contributed by atoms with Gasteiger partial charge in [0.05, 0.1) is 17.4 Å². The van der Waals surface area contributed by atoms with E-state index in [0.29, 0.717) is 11.5 Å². The summed E-state index contributed by atoms with van der Waals surface area (Å²) in [6, 6.07) is 15.4. The van der Waals surface area contributed by atoms with Crippen LogP contribution in [-0.4, -0.2) is 15.8 Å². The van der Waals surface area contributed by atoms with Gasteiger partial charge in [0.15, 0.2) is 0 Å². The number of aliphatic imine (C=N–C) groups is 1. The molecule has 0 unspecified atom stereocenters. The fourth-order valence-corrected chi connectivity index (χ4v) is 1.82. The lowest BCUT2D eigenvalue weighted by Gasteiger charge is -2.02. The van der Waals surface area contributed by atoms with Crippen LogP contribution < -0.4 is 5.73 Å². The summed E-state index contributed by atoms with van der Waals surface area (Å²) in [6.45, 7) is 0. The molecule has 4 heteroatoms. The van der Waals surface area contributed by atoms with E-state index in [1.807, 2.05) is 48.5 Å². The maximum atomic E-state index is 5.98. The SMILES string of the molecule is NC(=Nc1cccnc1)c1ccc2ccccc2n1. The van der Waals surface area contributed by atoms with Crippen LogP contribution in [0, 0.1) is 0 Å². The molecule has 4 nitrogen and oxygen atoms in total. The van der Waals surface area contributed by atoms with Gasteiger partial charge in [0.1, 0.15) is 11.5 Å². The zero-order valence-corrected chi connectivity index (χ0v) is 10.2. The summed E-state index contributed by atoms with van der Waals surface area (Å²) in [5, 5.41) is 1.08. The number of benzene rings is 1. The lowest BCUT2D eigenvalue weighted by molar-refractivity contribution is 1.28. The zero-order chi connectivity index (χ0) is 13.1. The summed E-state index contributed by atoms with van der Waals surface area (Å²) in [5.41, 5.74) is 8.27. The minimum atomic E-state index is 0.388. The van der Waals surface area contributed by atoms with Gasteiger partial charge < -0.3 is 5.73 Å². The molecule has 0 saturated heterocycles. The predicted octanol–water partition coefficient (Wildman–Crippen LogP) is 2.67. The van der Waals surface area contributed by atoms with Crippen LogP contribution in [0.3, 0.4) is 0 Å². The van der Waals surface area contributed by atoms with Gasteiger partial charge in [-0.25, -0.2) is 9.98 Å². The molecule has 2 N–H and O–H groups in total. The number of rotatable bonds is 2. The summed E-state index contributed by atoms with van der Waals surface area (Å²) in [6.07, 6.45) is 3.36. The highest BCUT2D eigenvalue weighted by Gasteiger charge is 2.02. The highest BCUT2D eigenvalue weighted by molar-refractivity contribution is 5.99. The quantitative estimate of drug-likeness (QED) is 0.560. The van der Waals surface area contributed by atoms with Gasteiger partial charge >= 0.3 is 0 Å². The molecule has 0 aliphatic heterocycles. The number of nitrogens with zero attached hydrogens (tertiary/aromatic N) is 3. The molecule has 0 aliphatic rings. The van der Waals surface area contributed by atoms with Crippen LogP contribution in [0.25, 0.3) is 10.9 Å². The topological polar surface area (TPSA) is 64.2 Å². The first-order chi connectivity index (χ1) is 9.33. The first kappa shape index (κ1) is 11.3. The Bertz CT molecular complexity index is 735. The molecule has 1 aromatic carbocycles. The number of fused-ring (bicyclic) bond motifs is 1. The average Bonchev–Trinajstić information content (AvgIpc) is 2.48. The normalized spacial score (nSPS) is 11.7. The van der Waals surface area contributed by atoms with Gasteiger partial charge in [-0.3, -0.25) is 4.98 Å². The van der Waals surface area contributed by atoms with Crippen LogP contribution in [0.1, 0.15) is 5.69 Å². The van der Waals surface area contributed by atoms with E-state index in [-0.39, 0.29) is 0 Å². The Hall–Kier alpha value is -2.75. The van der Waals surface area contributed by atoms with Crippen molar-refractivity contribution in [1.82, 2.24) is 9.97 Å². The summed E-state index contributed by atoms with van der Waals surface area (Å²) in [5.74, 6) is 0.388. The molecule has 0 radical (unpaired) electrons. The average molecular weight is 248 g/mol. The number of hydrogen-bond donors (Lipinski definition) is 1. The first-order valence-corrected chi connectivity index (χ1v) is 5.93. The second kappa shape index (κ2) is 4.86. The molecular weight excluding hydrogens is 236 g/mol. The van der Waals surface area contributed by atoms with Gasteiger partial charge in [-0.1, -0.05) is 24.3 Å². The molecule has 92 valence electrons. The highest BCUT2D eigenvalue weighted by Crippen LogP contribution is 2.13. The van der Waals surface area contributed by atoms with Crippen molar-refractivity contribution in [3.8, 4) is 0 Å². The molecule has 3 aromatic rings. The largest absolute Gasteiger partial charge is 0.382 e. The van der Waals surface area contributed by atoms with Gasteiger partial charge in [0, 0.05) is 11.6 Å². The molecule has 2 aromatic heterocycles. The van der Waals surface area contributed by atoms with Crippen molar-refractivity contribution in [2.24, 2.45) is 10.7 Å². The fraction of sp³-hybridized carbons (Fsp3) is 0. The lowest BCUT2D eigenvalue weighted by Crippen LogP contribution is -2.14. The van der Waals surface area contributed by atoms with E-state index in [9.17, 15) is 0 Å². The van der Waals surface area contributed by atoms with Gasteiger partial charge in [0.2, 0.25) is 0 Å². The number of hydrogen-bond acceptors (Lipinski definition) is 3. The van der Waals surface area contributed by atoms with Crippen molar-refractivity contribution in [2.45, 2.75) is 0 Å². The maximum absolute atomic E-state index is 5.98. The van der Waals surface area contributed by atoms with E-state index >= 15 is 0 Å². The lowest BCUT2D eigenvalue weighted by atomic mass is 10.2. The molecule has 0 amide bonds. The molecule has 0 atom stereocenters. The minimum Gasteiger partial charge on any atom is -0.382 e. The van der Waals surface area contributed by atoms with E-state index in [4.69, 9.17) is 5.73 Å². The van der Waals surface area contributed by atoms with Crippen LogP contribution in [-0.2, 0) is 0 Å². The van der Waals surface area contributed by atoms with E-state index in [0.717, 1.165) is 16.6 Å². The van der Waals surface area contributed by atoms with Crippen LogP contribution >= 0.6 is 0 Å². The van der Waals surface area contributed by atoms with Crippen molar-refractivity contribution < 1.29 is 0 Å². The summed E-state index contributed by atoms with van der Waals surface area (Å²) >= 11 is 0. The second-order valence-corrected chi connectivity index (χ2v) is 4.10. The Balaban J connectivity index is 2.02. The first-order valence-electron chi connectivity index (χ1n) is 5.93. The van der Waals surface area contributed by atoms with Crippen LogP contribution in [0.5, 0.6) is 0 Å². The van der Waals surface area contributed by atoms with E-state index in [2.05, 4.69) is 15.0 Å². The Morgan fingerprint density at radius 2 is 1.89 bits per heavy atom. The van der Waals surface area contributed by atoms with Gasteiger partial charge in [-0.15, -0.1) is 0 Å². The molecule has 0 fully saturated rings.